The Bertz CT molecular complexity index is 922. The Hall–Kier alpha value is -1.88. The molecule has 2 aromatic carbocycles. The Morgan fingerprint density at radius 3 is 2.42 bits per heavy atom. The Morgan fingerprint density at radius 1 is 1.08 bits per heavy atom. The first-order valence-electron chi connectivity index (χ1n) is 8.37. The van der Waals surface area contributed by atoms with E-state index < -0.39 is 0 Å². The van der Waals surface area contributed by atoms with Gasteiger partial charge in [0.2, 0.25) is 5.91 Å². The van der Waals surface area contributed by atoms with Crippen LogP contribution in [0.4, 0.5) is 10.8 Å². The van der Waals surface area contributed by atoms with Crippen molar-refractivity contribution in [2.45, 2.75) is 26.7 Å². The van der Waals surface area contributed by atoms with E-state index in [-0.39, 0.29) is 5.91 Å². The Balaban J connectivity index is 2.10. The minimum absolute atomic E-state index is 0.0219. The molecule has 0 radical (unpaired) electrons. The lowest BCUT2D eigenvalue weighted by Crippen LogP contribution is -2.24. The van der Waals surface area contributed by atoms with Gasteiger partial charge in [0, 0.05) is 26.9 Å². The molecule has 0 unspecified atom stereocenters. The summed E-state index contributed by atoms with van der Waals surface area (Å²) in [6.45, 7) is 3.93. The molecule has 0 bridgehead atoms. The van der Waals surface area contributed by atoms with Crippen molar-refractivity contribution in [1.29, 1.82) is 0 Å². The number of nitrogens with zero attached hydrogens (tertiary/aromatic N) is 2. The fourth-order valence-electron chi connectivity index (χ4n) is 2.64. The Labute approximate surface area is 167 Å². The van der Waals surface area contributed by atoms with Gasteiger partial charge >= 0.3 is 0 Å². The predicted molar refractivity (Wildman–Crippen MR) is 111 cm³/mol. The fraction of sp³-hybridized carbons (Fsp3) is 0.200. The van der Waals surface area contributed by atoms with Crippen molar-refractivity contribution in [2.75, 3.05) is 4.90 Å². The zero-order valence-corrected chi connectivity index (χ0v) is 16.8. The van der Waals surface area contributed by atoms with E-state index in [1.165, 1.54) is 11.3 Å². The third-order valence-electron chi connectivity index (χ3n) is 3.93. The first kappa shape index (κ1) is 18.9. The average molecular weight is 405 g/mol. The van der Waals surface area contributed by atoms with E-state index in [4.69, 9.17) is 28.2 Å². The molecule has 1 amide bonds. The number of carbonyl (C=O) groups is 1. The fourth-order valence-corrected chi connectivity index (χ4v) is 4.01. The van der Waals surface area contributed by atoms with Gasteiger partial charge < -0.3 is 0 Å². The number of carbonyl (C=O) groups excluding carboxylic acids is 1. The van der Waals surface area contributed by atoms with Crippen LogP contribution in [0.25, 0.3) is 11.3 Å². The van der Waals surface area contributed by atoms with Crippen molar-refractivity contribution < 1.29 is 4.79 Å². The predicted octanol–water partition coefficient (Wildman–Crippen LogP) is 6.75. The van der Waals surface area contributed by atoms with Gasteiger partial charge in [0.05, 0.1) is 11.4 Å². The highest BCUT2D eigenvalue weighted by molar-refractivity contribution is 7.16. The SMILES string of the molecule is CCC(=O)N(c1cccc(Cl)c1)c1nc(-c2ccc(Cl)cc2)c(CC)s1. The van der Waals surface area contributed by atoms with Crippen LogP contribution in [-0.4, -0.2) is 10.9 Å². The summed E-state index contributed by atoms with van der Waals surface area (Å²) >= 11 is 13.7. The van der Waals surface area contributed by atoms with Gasteiger partial charge in [0.1, 0.15) is 0 Å². The summed E-state index contributed by atoms with van der Waals surface area (Å²) in [7, 11) is 0. The quantitative estimate of drug-likeness (QED) is 0.470. The molecule has 0 saturated heterocycles. The lowest BCUT2D eigenvalue weighted by molar-refractivity contribution is -0.117. The van der Waals surface area contributed by atoms with Gasteiger partial charge in [-0.3, -0.25) is 9.69 Å². The van der Waals surface area contributed by atoms with Gasteiger partial charge in [-0.25, -0.2) is 4.98 Å². The van der Waals surface area contributed by atoms with Crippen molar-refractivity contribution in [3.05, 3.63) is 63.5 Å². The number of benzene rings is 2. The van der Waals surface area contributed by atoms with Crippen molar-refractivity contribution >= 4 is 51.3 Å². The second-order valence-corrected chi connectivity index (χ2v) is 7.63. The maximum Gasteiger partial charge on any atom is 0.233 e. The lowest BCUT2D eigenvalue weighted by atomic mass is 10.1. The summed E-state index contributed by atoms with van der Waals surface area (Å²) in [6, 6.07) is 14.9. The summed E-state index contributed by atoms with van der Waals surface area (Å²) in [5.74, 6) is -0.0219. The van der Waals surface area contributed by atoms with Gasteiger partial charge in [-0.1, -0.05) is 55.2 Å². The standard InChI is InChI=1S/C20H18Cl2N2OS/c1-3-17-19(13-8-10-14(21)11-9-13)23-20(26-17)24(18(25)4-2)16-7-5-6-15(22)12-16/h5-12H,3-4H2,1-2H3. The van der Waals surface area contributed by atoms with E-state index >= 15 is 0 Å². The molecule has 26 heavy (non-hydrogen) atoms. The van der Waals surface area contributed by atoms with Crippen LogP contribution < -0.4 is 4.90 Å². The first-order valence-corrected chi connectivity index (χ1v) is 9.94. The van der Waals surface area contributed by atoms with Crippen molar-refractivity contribution in [3.8, 4) is 11.3 Å². The zero-order valence-electron chi connectivity index (χ0n) is 14.5. The third-order valence-corrected chi connectivity index (χ3v) is 5.61. The molecule has 0 aliphatic carbocycles. The second kappa shape index (κ2) is 8.21. The van der Waals surface area contributed by atoms with Crippen LogP contribution in [0.3, 0.4) is 0 Å². The first-order chi connectivity index (χ1) is 12.5. The molecule has 1 aromatic heterocycles. The van der Waals surface area contributed by atoms with Crippen LogP contribution in [0.1, 0.15) is 25.1 Å². The van der Waals surface area contributed by atoms with Crippen molar-refractivity contribution in [3.63, 3.8) is 0 Å². The maximum absolute atomic E-state index is 12.6. The number of amides is 1. The normalized spacial score (nSPS) is 10.8. The molecule has 0 fully saturated rings. The average Bonchev–Trinajstić information content (AvgIpc) is 3.06. The number of thiazole rings is 1. The number of hydrogen-bond acceptors (Lipinski definition) is 3. The summed E-state index contributed by atoms with van der Waals surface area (Å²) < 4.78 is 0. The van der Waals surface area contributed by atoms with Crippen LogP contribution >= 0.6 is 34.5 Å². The highest BCUT2D eigenvalue weighted by Gasteiger charge is 2.23. The molecule has 0 aliphatic rings. The molecule has 0 spiro atoms. The van der Waals surface area contributed by atoms with E-state index in [1.807, 2.05) is 43.3 Å². The van der Waals surface area contributed by atoms with E-state index in [0.29, 0.717) is 21.6 Å². The van der Waals surface area contributed by atoms with Crippen LogP contribution in [0.5, 0.6) is 0 Å². The molecule has 3 nitrogen and oxygen atoms in total. The highest BCUT2D eigenvalue weighted by atomic mass is 35.5. The van der Waals surface area contributed by atoms with E-state index in [9.17, 15) is 4.79 Å². The number of halogens is 2. The van der Waals surface area contributed by atoms with Crippen molar-refractivity contribution in [2.24, 2.45) is 0 Å². The molecule has 134 valence electrons. The minimum atomic E-state index is -0.0219. The van der Waals surface area contributed by atoms with E-state index in [2.05, 4.69) is 6.92 Å². The largest absolute Gasteiger partial charge is 0.274 e. The van der Waals surface area contributed by atoms with Crippen LogP contribution in [0.15, 0.2) is 48.5 Å². The molecule has 0 N–H and O–H groups in total. The molecule has 6 heteroatoms. The second-order valence-electron chi connectivity index (χ2n) is 5.69. The molecule has 0 aliphatic heterocycles. The molecule has 3 rings (SSSR count). The topological polar surface area (TPSA) is 33.2 Å². The summed E-state index contributed by atoms with van der Waals surface area (Å²) in [5.41, 5.74) is 2.60. The summed E-state index contributed by atoms with van der Waals surface area (Å²) in [5, 5.41) is 1.92. The van der Waals surface area contributed by atoms with E-state index in [0.717, 1.165) is 28.2 Å². The molecular formula is C20H18Cl2N2OS. The smallest absolute Gasteiger partial charge is 0.233 e. The molecule has 3 aromatic rings. The number of aryl methyl sites for hydroxylation is 1. The Kier molecular flexibility index (Phi) is 5.97. The lowest BCUT2D eigenvalue weighted by Gasteiger charge is -2.19. The minimum Gasteiger partial charge on any atom is -0.274 e. The molecule has 0 atom stereocenters. The van der Waals surface area contributed by atoms with Gasteiger partial charge in [0.15, 0.2) is 5.13 Å². The molecule has 1 heterocycles. The van der Waals surface area contributed by atoms with Gasteiger partial charge in [-0.15, -0.1) is 11.3 Å². The number of aromatic nitrogens is 1. The third kappa shape index (κ3) is 3.93. The molecular weight excluding hydrogens is 387 g/mol. The number of rotatable bonds is 5. The van der Waals surface area contributed by atoms with E-state index in [1.54, 1.807) is 17.0 Å². The van der Waals surface area contributed by atoms with Gasteiger partial charge in [-0.2, -0.15) is 0 Å². The number of anilines is 2. The zero-order chi connectivity index (χ0) is 18.7. The van der Waals surface area contributed by atoms with Crippen molar-refractivity contribution in [1.82, 2.24) is 4.98 Å². The maximum atomic E-state index is 12.6. The Morgan fingerprint density at radius 2 is 1.81 bits per heavy atom. The highest BCUT2D eigenvalue weighted by Crippen LogP contribution is 2.37. The number of hydrogen-bond donors (Lipinski definition) is 0. The van der Waals surface area contributed by atoms with Crippen LogP contribution in [-0.2, 0) is 11.2 Å². The summed E-state index contributed by atoms with van der Waals surface area (Å²) in [6.07, 6.45) is 1.21. The summed E-state index contributed by atoms with van der Waals surface area (Å²) in [4.78, 5) is 20.2. The van der Waals surface area contributed by atoms with Crippen LogP contribution in [0.2, 0.25) is 10.0 Å². The van der Waals surface area contributed by atoms with Crippen LogP contribution in [0, 0.1) is 0 Å². The van der Waals surface area contributed by atoms with Gasteiger partial charge in [-0.05, 0) is 36.8 Å². The van der Waals surface area contributed by atoms with Gasteiger partial charge in [0.25, 0.3) is 0 Å². The monoisotopic (exact) mass is 404 g/mol. The molecule has 0 saturated carbocycles.